The number of carbonyl (C=O) groups excluding carboxylic acids is 2. The summed E-state index contributed by atoms with van der Waals surface area (Å²) < 4.78 is 15.6. The van der Waals surface area contributed by atoms with Crippen LogP contribution in [0.5, 0.6) is 11.5 Å². The standard InChI is InChI=1S/C17H19ClN2O5/c1-11(21)20(9-12-5-4-6-25-12)10-17(22)19-14-8-15(23-2)13(18)7-16(14)24-3/h4-8H,9-10H2,1-3H3,(H,19,22). The number of nitrogens with one attached hydrogen (secondary N) is 1. The van der Waals surface area contributed by atoms with Crippen molar-refractivity contribution in [2.45, 2.75) is 13.5 Å². The van der Waals surface area contributed by atoms with Crippen LogP contribution in [0.2, 0.25) is 5.02 Å². The highest BCUT2D eigenvalue weighted by atomic mass is 35.5. The topological polar surface area (TPSA) is 81.0 Å². The van der Waals surface area contributed by atoms with E-state index in [4.69, 9.17) is 25.5 Å². The maximum Gasteiger partial charge on any atom is 0.244 e. The van der Waals surface area contributed by atoms with Gasteiger partial charge in [0.05, 0.1) is 37.7 Å². The van der Waals surface area contributed by atoms with Gasteiger partial charge in [0.25, 0.3) is 0 Å². The summed E-state index contributed by atoms with van der Waals surface area (Å²) >= 11 is 6.04. The molecule has 0 aliphatic rings. The Morgan fingerprint density at radius 3 is 2.52 bits per heavy atom. The van der Waals surface area contributed by atoms with Crippen molar-refractivity contribution in [1.29, 1.82) is 0 Å². The third-order valence-corrected chi connectivity index (χ3v) is 3.75. The van der Waals surface area contributed by atoms with Crippen molar-refractivity contribution in [2.24, 2.45) is 0 Å². The van der Waals surface area contributed by atoms with Crippen LogP contribution in [0.3, 0.4) is 0 Å². The van der Waals surface area contributed by atoms with E-state index in [9.17, 15) is 9.59 Å². The van der Waals surface area contributed by atoms with Crippen LogP contribution < -0.4 is 14.8 Å². The maximum absolute atomic E-state index is 12.3. The molecule has 0 unspecified atom stereocenters. The Morgan fingerprint density at radius 1 is 1.24 bits per heavy atom. The summed E-state index contributed by atoms with van der Waals surface area (Å²) in [4.78, 5) is 25.5. The first kappa shape index (κ1) is 18.7. The number of amides is 2. The van der Waals surface area contributed by atoms with Crippen LogP contribution in [0.15, 0.2) is 34.9 Å². The van der Waals surface area contributed by atoms with Crippen molar-refractivity contribution < 1.29 is 23.5 Å². The van der Waals surface area contributed by atoms with Crippen LogP contribution in [0.1, 0.15) is 12.7 Å². The summed E-state index contributed by atoms with van der Waals surface area (Å²) in [6.45, 7) is 1.46. The molecular weight excluding hydrogens is 348 g/mol. The number of halogens is 1. The van der Waals surface area contributed by atoms with Gasteiger partial charge in [-0.25, -0.2) is 0 Å². The smallest absolute Gasteiger partial charge is 0.244 e. The fraction of sp³-hybridized carbons (Fsp3) is 0.294. The third kappa shape index (κ3) is 4.90. The predicted molar refractivity (Wildman–Crippen MR) is 93.0 cm³/mol. The molecule has 1 N–H and O–H groups in total. The molecule has 2 amide bonds. The molecule has 0 saturated carbocycles. The molecule has 1 heterocycles. The van der Waals surface area contributed by atoms with Gasteiger partial charge in [0.1, 0.15) is 23.8 Å². The Labute approximate surface area is 150 Å². The summed E-state index contributed by atoms with van der Waals surface area (Å²) in [6.07, 6.45) is 1.51. The Morgan fingerprint density at radius 2 is 1.96 bits per heavy atom. The van der Waals surface area contributed by atoms with Crippen LogP contribution in [-0.2, 0) is 16.1 Å². The number of anilines is 1. The summed E-state index contributed by atoms with van der Waals surface area (Å²) in [5.74, 6) is 0.752. The van der Waals surface area contributed by atoms with E-state index in [1.54, 1.807) is 24.3 Å². The van der Waals surface area contributed by atoms with E-state index >= 15 is 0 Å². The highest BCUT2D eigenvalue weighted by Gasteiger charge is 2.18. The molecule has 0 fully saturated rings. The number of hydrogen-bond acceptors (Lipinski definition) is 5. The molecule has 1 aromatic heterocycles. The monoisotopic (exact) mass is 366 g/mol. The highest BCUT2D eigenvalue weighted by molar-refractivity contribution is 6.32. The van der Waals surface area contributed by atoms with Gasteiger partial charge in [-0.15, -0.1) is 0 Å². The summed E-state index contributed by atoms with van der Waals surface area (Å²) in [5.41, 5.74) is 0.398. The van der Waals surface area contributed by atoms with Gasteiger partial charge >= 0.3 is 0 Å². The summed E-state index contributed by atoms with van der Waals surface area (Å²) in [6, 6.07) is 6.56. The van der Waals surface area contributed by atoms with Crippen molar-refractivity contribution in [2.75, 3.05) is 26.1 Å². The van der Waals surface area contributed by atoms with E-state index < -0.39 is 0 Å². The zero-order valence-electron chi connectivity index (χ0n) is 14.2. The van der Waals surface area contributed by atoms with Gasteiger partial charge in [-0.05, 0) is 12.1 Å². The molecule has 0 aliphatic carbocycles. The molecule has 134 valence electrons. The molecule has 0 atom stereocenters. The predicted octanol–water partition coefficient (Wildman–Crippen LogP) is 2.94. The molecule has 25 heavy (non-hydrogen) atoms. The second kappa shape index (κ2) is 8.43. The zero-order chi connectivity index (χ0) is 18.4. The largest absolute Gasteiger partial charge is 0.495 e. The van der Waals surface area contributed by atoms with Crippen molar-refractivity contribution in [3.63, 3.8) is 0 Å². The lowest BCUT2D eigenvalue weighted by atomic mass is 10.2. The average Bonchev–Trinajstić information content (AvgIpc) is 3.08. The average molecular weight is 367 g/mol. The lowest BCUT2D eigenvalue weighted by Crippen LogP contribution is -2.36. The number of hydrogen-bond donors (Lipinski definition) is 1. The molecule has 0 bridgehead atoms. The number of benzene rings is 1. The zero-order valence-corrected chi connectivity index (χ0v) is 14.9. The SMILES string of the molecule is COc1cc(NC(=O)CN(Cc2ccco2)C(C)=O)c(OC)cc1Cl. The van der Waals surface area contributed by atoms with Gasteiger partial charge in [0.2, 0.25) is 11.8 Å². The van der Waals surface area contributed by atoms with E-state index in [2.05, 4.69) is 5.32 Å². The first-order valence-electron chi connectivity index (χ1n) is 7.44. The molecule has 8 heteroatoms. The van der Waals surface area contributed by atoms with Crippen molar-refractivity contribution in [1.82, 2.24) is 4.90 Å². The summed E-state index contributed by atoms with van der Waals surface area (Å²) in [7, 11) is 2.94. The van der Waals surface area contributed by atoms with E-state index in [-0.39, 0.29) is 24.9 Å². The molecule has 0 spiro atoms. The minimum atomic E-state index is -0.385. The van der Waals surface area contributed by atoms with Crippen molar-refractivity contribution in [3.8, 4) is 11.5 Å². The Kier molecular flexibility index (Phi) is 6.30. The molecule has 2 aromatic rings. The molecule has 7 nitrogen and oxygen atoms in total. The van der Waals surface area contributed by atoms with Gasteiger partial charge < -0.3 is 24.1 Å². The lowest BCUT2D eigenvalue weighted by molar-refractivity contribution is -0.133. The van der Waals surface area contributed by atoms with Crippen molar-refractivity contribution >= 4 is 29.1 Å². The molecular formula is C17H19ClN2O5. The van der Waals surface area contributed by atoms with Crippen LogP contribution in [0.4, 0.5) is 5.69 Å². The van der Waals surface area contributed by atoms with Gasteiger partial charge in [-0.1, -0.05) is 11.6 Å². The Balaban J connectivity index is 2.11. The number of methoxy groups -OCH3 is 2. The summed E-state index contributed by atoms with van der Waals surface area (Å²) in [5, 5.41) is 3.06. The normalized spacial score (nSPS) is 10.2. The van der Waals surface area contributed by atoms with Crippen LogP contribution in [0, 0.1) is 0 Å². The van der Waals surface area contributed by atoms with Gasteiger partial charge in [0, 0.05) is 19.1 Å². The van der Waals surface area contributed by atoms with E-state index in [0.29, 0.717) is 28.0 Å². The molecule has 0 aliphatic heterocycles. The fourth-order valence-electron chi connectivity index (χ4n) is 2.19. The van der Waals surface area contributed by atoms with Crippen LogP contribution >= 0.6 is 11.6 Å². The number of carbonyl (C=O) groups is 2. The van der Waals surface area contributed by atoms with E-state index in [0.717, 1.165) is 0 Å². The lowest BCUT2D eigenvalue weighted by Gasteiger charge is -2.20. The molecule has 1 aromatic carbocycles. The third-order valence-electron chi connectivity index (χ3n) is 3.45. The highest BCUT2D eigenvalue weighted by Crippen LogP contribution is 2.35. The molecule has 2 rings (SSSR count). The molecule has 0 radical (unpaired) electrons. The van der Waals surface area contributed by atoms with Crippen LogP contribution in [0.25, 0.3) is 0 Å². The molecule has 0 saturated heterocycles. The Hall–Kier alpha value is -2.67. The minimum Gasteiger partial charge on any atom is -0.495 e. The quantitative estimate of drug-likeness (QED) is 0.814. The van der Waals surface area contributed by atoms with E-state index in [1.165, 1.54) is 32.3 Å². The van der Waals surface area contributed by atoms with Gasteiger partial charge in [-0.2, -0.15) is 0 Å². The minimum absolute atomic E-state index is 0.135. The van der Waals surface area contributed by atoms with Gasteiger partial charge in [-0.3, -0.25) is 9.59 Å². The fourth-order valence-corrected chi connectivity index (χ4v) is 2.42. The first-order valence-corrected chi connectivity index (χ1v) is 7.81. The number of nitrogens with zero attached hydrogens (tertiary/aromatic N) is 1. The maximum atomic E-state index is 12.3. The number of ether oxygens (including phenoxy) is 2. The van der Waals surface area contributed by atoms with E-state index in [1.807, 2.05) is 0 Å². The first-order chi connectivity index (χ1) is 11.9. The number of rotatable bonds is 7. The van der Waals surface area contributed by atoms with Crippen LogP contribution in [-0.4, -0.2) is 37.5 Å². The number of furan rings is 1. The second-order valence-electron chi connectivity index (χ2n) is 5.19. The van der Waals surface area contributed by atoms with Gasteiger partial charge in [0.15, 0.2) is 0 Å². The second-order valence-corrected chi connectivity index (χ2v) is 5.60. The Bertz CT molecular complexity index is 746. The van der Waals surface area contributed by atoms with Crippen molar-refractivity contribution in [3.05, 3.63) is 41.3 Å².